The Hall–Kier alpha value is -2.71. The van der Waals surface area contributed by atoms with Gasteiger partial charge in [-0.25, -0.2) is 8.42 Å². The number of sulfonamides is 1. The molecule has 3 heterocycles. The molecule has 1 fully saturated rings. The average Bonchev–Trinajstić information content (AvgIpc) is 3.15. The summed E-state index contributed by atoms with van der Waals surface area (Å²) in [4.78, 5) is 16.6. The Labute approximate surface area is 170 Å². The Morgan fingerprint density at radius 2 is 1.93 bits per heavy atom. The van der Waals surface area contributed by atoms with Gasteiger partial charge in [0, 0.05) is 49.1 Å². The molecule has 0 atom stereocenters. The number of rotatable bonds is 6. The van der Waals surface area contributed by atoms with E-state index in [0.717, 1.165) is 35.7 Å². The molecule has 0 bridgehead atoms. The molecule has 4 rings (SSSR count). The lowest BCUT2D eigenvalue weighted by Crippen LogP contribution is -2.35. The van der Waals surface area contributed by atoms with Crippen molar-refractivity contribution in [3.05, 3.63) is 60.6 Å². The molecule has 2 aromatic heterocycles. The number of nitrogens with zero attached hydrogens (tertiary/aromatic N) is 3. The van der Waals surface area contributed by atoms with Crippen molar-refractivity contribution in [1.29, 1.82) is 0 Å². The third kappa shape index (κ3) is 4.33. The second-order valence-electron chi connectivity index (χ2n) is 7.27. The molecule has 1 amide bonds. The maximum atomic E-state index is 12.9. The highest BCUT2D eigenvalue weighted by Crippen LogP contribution is 2.25. The Morgan fingerprint density at radius 3 is 2.69 bits per heavy atom. The zero-order valence-electron chi connectivity index (χ0n) is 16.1. The molecule has 0 radical (unpaired) electrons. The van der Waals surface area contributed by atoms with Crippen LogP contribution in [0.4, 0.5) is 0 Å². The van der Waals surface area contributed by atoms with Crippen LogP contribution in [0.25, 0.3) is 10.9 Å². The number of amides is 1. The van der Waals surface area contributed by atoms with Gasteiger partial charge in [-0.05, 0) is 48.7 Å². The lowest BCUT2D eigenvalue weighted by molar-refractivity contribution is -0.121. The number of benzene rings is 1. The fourth-order valence-electron chi connectivity index (χ4n) is 3.64. The third-order valence-electron chi connectivity index (χ3n) is 5.22. The zero-order valence-corrected chi connectivity index (χ0v) is 16.9. The molecule has 0 saturated carbocycles. The first-order chi connectivity index (χ1) is 14.0. The molecular formula is C21H24N4O3S. The molecule has 1 aliphatic heterocycles. The van der Waals surface area contributed by atoms with Crippen LogP contribution in [0.1, 0.15) is 24.8 Å². The summed E-state index contributed by atoms with van der Waals surface area (Å²) in [6.45, 7) is 1.75. The highest BCUT2D eigenvalue weighted by Gasteiger charge is 2.26. The van der Waals surface area contributed by atoms with E-state index < -0.39 is 10.0 Å². The summed E-state index contributed by atoms with van der Waals surface area (Å²) in [7, 11) is -3.47. The lowest BCUT2D eigenvalue weighted by atomic mass is 10.2. The first kappa shape index (κ1) is 19.6. The van der Waals surface area contributed by atoms with Crippen LogP contribution in [0.15, 0.2) is 59.9 Å². The monoisotopic (exact) mass is 412 g/mol. The molecule has 1 saturated heterocycles. The number of pyridine rings is 1. The van der Waals surface area contributed by atoms with E-state index in [9.17, 15) is 13.2 Å². The molecule has 1 N–H and O–H groups in total. The van der Waals surface area contributed by atoms with Crippen molar-refractivity contribution in [2.75, 3.05) is 13.1 Å². The number of carbonyl (C=O) groups is 1. The van der Waals surface area contributed by atoms with E-state index in [0.29, 0.717) is 24.5 Å². The fourth-order valence-corrected chi connectivity index (χ4v) is 5.20. The summed E-state index contributed by atoms with van der Waals surface area (Å²) < 4.78 is 29.2. The van der Waals surface area contributed by atoms with Gasteiger partial charge in [0.1, 0.15) is 6.54 Å². The maximum absolute atomic E-state index is 12.9. The predicted molar refractivity (Wildman–Crippen MR) is 111 cm³/mol. The summed E-state index contributed by atoms with van der Waals surface area (Å²) in [6.07, 6.45) is 8.12. The topological polar surface area (TPSA) is 84.3 Å². The van der Waals surface area contributed by atoms with Gasteiger partial charge in [0.2, 0.25) is 15.9 Å². The van der Waals surface area contributed by atoms with Crippen LogP contribution in [0.3, 0.4) is 0 Å². The smallest absolute Gasteiger partial charge is 0.243 e. The average molecular weight is 413 g/mol. The van der Waals surface area contributed by atoms with Gasteiger partial charge in [0.05, 0.1) is 4.90 Å². The largest absolute Gasteiger partial charge is 0.350 e. The Balaban J connectivity index is 1.47. The number of aromatic nitrogens is 2. The van der Waals surface area contributed by atoms with Gasteiger partial charge in [0.25, 0.3) is 0 Å². The number of fused-ring (bicyclic) bond motifs is 1. The van der Waals surface area contributed by atoms with Gasteiger partial charge in [-0.3, -0.25) is 9.78 Å². The first-order valence-corrected chi connectivity index (χ1v) is 11.2. The van der Waals surface area contributed by atoms with Gasteiger partial charge in [-0.1, -0.05) is 12.5 Å². The van der Waals surface area contributed by atoms with Crippen LogP contribution in [0, 0.1) is 0 Å². The van der Waals surface area contributed by atoms with Crippen molar-refractivity contribution in [1.82, 2.24) is 19.2 Å². The highest BCUT2D eigenvalue weighted by molar-refractivity contribution is 7.89. The van der Waals surface area contributed by atoms with Crippen LogP contribution in [0.2, 0.25) is 0 Å². The minimum absolute atomic E-state index is 0.114. The SMILES string of the molecule is O=C(Cn1ccc2cc(S(=O)(=O)N3CCCCC3)ccc21)NCc1cccnc1. The van der Waals surface area contributed by atoms with Crippen LogP contribution < -0.4 is 5.32 Å². The molecule has 3 aromatic rings. The molecule has 0 unspecified atom stereocenters. The third-order valence-corrected chi connectivity index (χ3v) is 7.12. The second kappa shape index (κ2) is 8.34. The van der Waals surface area contributed by atoms with Gasteiger partial charge < -0.3 is 9.88 Å². The van der Waals surface area contributed by atoms with E-state index in [1.54, 1.807) is 34.9 Å². The molecule has 152 valence electrons. The van der Waals surface area contributed by atoms with Gasteiger partial charge >= 0.3 is 0 Å². The summed E-state index contributed by atoms with van der Waals surface area (Å²) in [5.41, 5.74) is 1.77. The van der Waals surface area contributed by atoms with E-state index in [-0.39, 0.29) is 12.5 Å². The molecule has 1 aliphatic rings. The van der Waals surface area contributed by atoms with Crippen molar-refractivity contribution >= 4 is 26.8 Å². The maximum Gasteiger partial charge on any atom is 0.243 e. The molecule has 1 aromatic carbocycles. The highest BCUT2D eigenvalue weighted by atomic mass is 32.2. The molecule has 0 spiro atoms. The Morgan fingerprint density at radius 1 is 1.10 bits per heavy atom. The summed E-state index contributed by atoms with van der Waals surface area (Å²) in [5.74, 6) is -0.114. The minimum Gasteiger partial charge on any atom is -0.350 e. The van der Waals surface area contributed by atoms with Crippen molar-refractivity contribution in [2.45, 2.75) is 37.2 Å². The van der Waals surface area contributed by atoms with Gasteiger partial charge in [0.15, 0.2) is 0 Å². The van der Waals surface area contributed by atoms with Crippen molar-refractivity contribution in [2.24, 2.45) is 0 Å². The van der Waals surface area contributed by atoms with E-state index in [1.165, 1.54) is 0 Å². The molecular weight excluding hydrogens is 388 g/mol. The standard InChI is InChI=1S/C21H24N4O3S/c26-21(23-15-17-5-4-9-22-14-17)16-24-12-8-18-13-19(6-7-20(18)24)29(27,28)25-10-2-1-3-11-25/h4-9,12-14H,1-3,10-11,15-16H2,(H,23,26). The summed E-state index contributed by atoms with van der Waals surface area (Å²) >= 11 is 0. The predicted octanol–water partition coefficient (Wildman–Crippen LogP) is 2.53. The lowest BCUT2D eigenvalue weighted by Gasteiger charge is -2.25. The quantitative estimate of drug-likeness (QED) is 0.674. The van der Waals surface area contributed by atoms with Gasteiger partial charge in [-0.15, -0.1) is 0 Å². The van der Waals surface area contributed by atoms with Crippen molar-refractivity contribution in [3.8, 4) is 0 Å². The zero-order chi connectivity index (χ0) is 20.3. The molecule has 29 heavy (non-hydrogen) atoms. The van der Waals surface area contributed by atoms with E-state index in [2.05, 4.69) is 10.3 Å². The normalized spacial score (nSPS) is 15.4. The number of carbonyl (C=O) groups excluding carboxylic acids is 1. The van der Waals surface area contributed by atoms with Crippen LogP contribution in [0.5, 0.6) is 0 Å². The van der Waals surface area contributed by atoms with Crippen molar-refractivity contribution in [3.63, 3.8) is 0 Å². The van der Waals surface area contributed by atoms with Gasteiger partial charge in [-0.2, -0.15) is 4.31 Å². The number of hydrogen-bond acceptors (Lipinski definition) is 4. The molecule has 8 heteroatoms. The summed E-state index contributed by atoms with van der Waals surface area (Å²) in [6, 6.07) is 10.7. The first-order valence-electron chi connectivity index (χ1n) is 9.79. The van der Waals surface area contributed by atoms with Crippen molar-refractivity contribution < 1.29 is 13.2 Å². The second-order valence-corrected chi connectivity index (χ2v) is 9.20. The van der Waals surface area contributed by atoms with Crippen LogP contribution in [-0.4, -0.2) is 41.3 Å². The number of nitrogens with one attached hydrogen (secondary N) is 1. The number of hydrogen-bond donors (Lipinski definition) is 1. The van der Waals surface area contributed by atoms with E-state index in [1.807, 2.05) is 29.0 Å². The van der Waals surface area contributed by atoms with Crippen LogP contribution >= 0.6 is 0 Å². The fraction of sp³-hybridized carbons (Fsp3) is 0.333. The molecule has 7 nitrogen and oxygen atoms in total. The minimum atomic E-state index is -3.47. The summed E-state index contributed by atoms with van der Waals surface area (Å²) in [5, 5.41) is 3.69. The number of piperidine rings is 1. The van der Waals surface area contributed by atoms with Crippen LogP contribution in [-0.2, 0) is 27.9 Å². The Bertz CT molecular complexity index is 1100. The molecule has 0 aliphatic carbocycles. The Kier molecular flexibility index (Phi) is 5.64. The van der Waals surface area contributed by atoms with E-state index >= 15 is 0 Å². The van der Waals surface area contributed by atoms with E-state index in [4.69, 9.17) is 0 Å².